The molecule has 1 aliphatic carbocycles. The highest BCUT2D eigenvalue weighted by atomic mass is 32.1. The Bertz CT molecular complexity index is 596. The molecule has 0 saturated carbocycles. The lowest BCUT2D eigenvalue weighted by atomic mass is 9.95. The van der Waals surface area contributed by atoms with Crippen LogP contribution in [0, 0.1) is 5.41 Å². The molecular formula is C18H27NO3S. The molecule has 0 atom stereocenters. The first-order chi connectivity index (χ1) is 10.7. The molecule has 1 heterocycles. The molecule has 1 amide bonds. The Morgan fingerprint density at radius 1 is 1.13 bits per heavy atom. The number of hydrogen-bond acceptors (Lipinski definition) is 4. The Hall–Kier alpha value is -1.36. The first-order valence-corrected chi connectivity index (χ1v) is 9.18. The third-order valence-corrected chi connectivity index (χ3v) is 5.08. The van der Waals surface area contributed by atoms with Gasteiger partial charge >= 0.3 is 5.97 Å². The second kappa shape index (κ2) is 7.04. The maximum Gasteiger partial charge on any atom is 0.341 e. The van der Waals surface area contributed by atoms with Gasteiger partial charge in [-0.3, -0.25) is 4.79 Å². The van der Waals surface area contributed by atoms with Gasteiger partial charge in [0.05, 0.1) is 11.7 Å². The average molecular weight is 337 g/mol. The van der Waals surface area contributed by atoms with E-state index in [4.69, 9.17) is 4.74 Å². The SMILES string of the molecule is CC(C)OC(=O)c1c(NC(=O)C(C)(C)C)sc2c1CCCCC2. The molecule has 0 radical (unpaired) electrons. The molecule has 0 bridgehead atoms. The third kappa shape index (κ3) is 4.34. The maximum absolute atomic E-state index is 12.6. The molecule has 0 spiro atoms. The summed E-state index contributed by atoms with van der Waals surface area (Å²) in [6, 6.07) is 0. The zero-order chi connectivity index (χ0) is 17.2. The molecule has 128 valence electrons. The van der Waals surface area contributed by atoms with Crippen LogP contribution in [0.2, 0.25) is 0 Å². The monoisotopic (exact) mass is 337 g/mol. The first-order valence-electron chi connectivity index (χ1n) is 8.37. The van der Waals surface area contributed by atoms with Gasteiger partial charge in [-0.1, -0.05) is 27.2 Å². The lowest BCUT2D eigenvalue weighted by Crippen LogP contribution is -2.28. The average Bonchev–Trinajstić information content (AvgIpc) is 2.59. The van der Waals surface area contributed by atoms with E-state index in [1.807, 2.05) is 34.6 Å². The van der Waals surface area contributed by atoms with Crippen molar-refractivity contribution < 1.29 is 14.3 Å². The molecule has 23 heavy (non-hydrogen) atoms. The molecule has 0 unspecified atom stereocenters. The van der Waals surface area contributed by atoms with Gasteiger partial charge in [0.1, 0.15) is 5.00 Å². The number of hydrogen-bond donors (Lipinski definition) is 1. The zero-order valence-corrected chi connectivity index (χ0v) is 15.6. The molecule has 0 saturated heterocycles. The number of esters is 1. The normalized spacial score (nSPS) is 15.0. The van der Waals surface area contributed by atoms with Gasteiger partial charge in [-0.05, 0) is 45.1 Å². The van der Waals surface area contributed by atoms with E-state index >= 15 is 0 Å². The van der Waals surface area contributed by atoms with Crippen molar-refractivity contribution in [3.8, 4) is 0 Å². The summed E-state index contributed by atoms with van der Waals surface area (Å²) in [5, 5.41) is 3.62. The minimum atomic E-state index is -0.499. The Kier molecular flexibility index (Phi) is 5.50. The number of amides is 1. The molecule has 0 aromatic carbocycles. The minimum absolute atomic E-state index is 0.0764. The van der Waals surface area contributed by atoms with E-state index in [-0.39, 0.29) is 18.0 Å². The van der Waals surface area contributed by atoms with Gasteiger partial charge in [0.15, 0.2) is 0 Å². The number of rotatable bonds is 3. The number of carbonyl (C=O) groups is 2. The summed E-state index contributed by atoms with van der Waals surface area (Å²) in [5.74, 6) is -0.392. The smallest absolute Gasteiger partial charge is 0.341 e. The highest BCUT2D eigenvalue weighted by Crippen LogP contribution is 2.38. The van der Waals surface area contributed by atoms with E-state index in [0.717, 1.165) is 31.2 Å². The van der Waals surface area contributed by atoms with Crippen LogP contribution in [0.5, 0.6) is 0 Å². The van der Waals surface area contributed by atoms with Crippen LogP contribution >= 0.6 is 11.3 Å². The molecule has 4 nitrogen and oxygen atoms in total. The molecule has 0 fully saturated rings. The van der Waals surface area contributed by atoms with E-state index in [9.17, 15) is 9.59 Å². The molecule has 0 aliphatic heterocycles. The Morgan fingerprint density at radius 2 is 1.78 bits per heavy atom. The van der Waals surface area contributed by atoms with Gasteiger partial charge in [0.25, 0.3) is 0 Å². The van der Waals surface area contributed by atoms with Crippen molar-refractivity contribution in [2.75, 3.05) is 5.32 Å². The number of nitrogens with one attached hydrogen (secondary N) is 1. The van der Waals surface area contributed by atoms with Crippen LogP contribution in [-0.4, -0.2) is 18.0 Å². The van der Waals surface area contributed by atoms with Gasteiger partial charge < -0.3 is 10.1 Å². The molecule has 1 aromatic heterocycles. The van der Waals surface area contributed by atoms with Crippen molar-refractivity contribution >= 4 is 28.2 Å². The van der Waals surface area contributed by atoms with E-state index in [0.29, 0.717) is 10.6 Å². The highest BCUT2D eigenvalue weighted by Gasteiger charge is 2.29. The molecular weight excluding hydrogens is 310 g/mol. The van der Waals surface area contributed by atoms with Gasteiger partial charge in [-0.15, -0.1) is 11.3 Å². The van der Waals surface area contributed by atoms with Gasteiger partial charge in [-0.25, -0.2) is 4.79 Å². The predicted molar refractivity (Wildman–Crippen MR) is 94.2 cm³/mol. The van der Waals surface area contributed by atoms with Crippen molar-refractivity contribution in [3.05, 3.63) is 16.0 Å². The summed E-state index contributed by atoms with van der Waals surface area (Å²) in [6.07, 6.45) is 5.10. The van der Waals surface area contributed by atoms with Crippen molar-refractivity contribution in [1.29, 1.82) is 0 Å². The summed E-state index contributed by atoms with van der Waals surface area (Å²) in [7, 11) is 0. The standard InChI is InChI=1S/C18H27NO3S/c1-11(2)22-16(20)14-12-9-7-6-8-10-13(12)23-15(14)19-17(21)18(3,4)5/h11H,6-10H2,1-5H3,(H,19,21). The topological polar surface area (TPSA) is 55.4 Å². The number of thiophene rings is 1. The van der Waals surface area contributed by atoms with Gasteiger partial charge in [0.2, 0.25) is 5.91 Å². The first kappa shape index (κ1) is 18.0. The summed E-state index contributed by atoms with van der Waals surface area (Å²) in [5.41, 5.74) is 1.17. The van der Waals surface area contributed by atoms with Crippen LogP contribution in [0.3, 0.4) is 0 Å². The summed E-state index contributed by atoms with van der Waals surface area (Å²) in [4.78, 5) is 26.2. The summed E-state index contributed by atoms with van der Waals surface area (Å²) in [6.45, 7) is 9.29. The van der Waals surface area contributed by atoms with Gasteiger partial charge in [0, 0.05) is 10.3 Å². The second-order valence-corrected chi connectivity index (χ2v) is 8.53. The minimum Gasteiger partial charge on any atom is -0.459 e. The van der Waals surface area contributed by atoms with E-state index < -0.39 is 5.41 Å². The Labute approximate surface area is 142 Å². The lowest BCUT2D eigenvalue weighted by Gasteiger charge is -2.18. The maximum atomic E-state index is 12.6. The molecule has 1 N–H and O–H groups in total. The van der Waals surface area contributed by atoms with Crippen LogP contribution in [0.4, 0.5) is 5.00 Å². The van der Waals surface area contributed by atoms with Crippen molar-refractivity contribution in [3.63, 3.8) is 0 Å². The molecule has 5 heteroatoms. The van der Waals surface area contributed by atoms with Crippen molar-refractivity contribution in [2.24, 2.45) is 5.41 Å². The number of carbonyl (C=O) groups excluding carboxylic acids is 2. The van der Waals surface area contributed by atoms with E-state index in [1.54, 1.807) is 11.3 Å². The molecule has 1 aromatic rings. The van der Waals surface area contributed by atoms with Crippen molar-refractivity contribution in [1.82, 2.24) is 0 Å². The lowest BCUT2D eigenvalue weighted by molar-refractivity contribution is -0.123. The number of anilines is 1. The number of ether oxygens (including phenoxy) is 1. The number of fused-ring (bicyclic) bond motifs is 1. The fourth-order valence-electron chi connectivity index (χ4n) is 2.61. The summed E-state index contributed by atoms with van der Waals surface area (Å²) >= 11 is 1.54. The highest BCUT2D eigenvalue weighted by molar-refractivity contribution is 7.17. The zero-order valence-electron chi connectivity index (χ0n) is 14.7. The third-order valence-electron chi connectivity index (χ3n) is 3.88. The fraction of sp³-hybridized carbons (Fsp3) is 0.667. The summed E-state index contributed by atoms with van der Waals surface area (Å²) < 4.78 is 5.43. The van der Waals surface area contributed by atoms with Crippen LogP contribution in [-0.2, 0) is 22.4 Å². The molecule has 2 rings (SSSR count). The van der Waals surface area contributed by atoms with E-state index in [1.165, 1.54) is 11.3 Å². The molecule has 1 aliphatic rings. The predicted octanol–water partition coefficient (Wildman–Crippen LogP) is 4.57. The van der Waals surface area contributed by atoms with Crippen LogP contribution in [0.25, 0.3) is 0 Å². The van der Waals surface area contributed by atoms with Crippen molar-refractivity contribution in [2.45, 2.75) is 72.8 Å². The fourth-order valence-corrected chi connectivity index (χ4v) is 3.88. The van der Waals surface area contributed by atoms with E-state index in [2.05, 4.69) is 5.32 Å². The van der Waals surface area contributed by atoms with Crippen LogP contribution in [0.1, 0.15) is 74.7 Å². The largest absolute Gasteiger partial charge is 0.459 e. The quantitative estimate of drug-likeness (QED) is 0.649. The van der Waals surface area contributed by atoms with Crippen LogP contribution in [0.15, 0.2) is 0 Å². The second-order valence-electron chi connectivity index (χ2n) is 7.43. The Balaban J connectivity index is 2.40. The number of aryl methyl sites for hydroxylation is 1. The van der Waals surface area contributed by atoms with Crippen LogP contribution < -0.4 is 5.32 Å². The van der Waals surface area contributed by atoms with Gasteiger partial charge in [-0.2, -0.15) is 0 Å². The Morgan fingerprint density at radius 3 is 2.39 bits per heavy atom.